The SMILES string of the molecule is N#CC1(c2ccc(C#CSI)cc2)CC1. The smallest absolute Gasteiger partial charge is 0.0823 e. The molecule has 0 amide bonds. The summed E-state index contributed by atoms with van der Waals surface area (Å²) in [7, 11) is 1.48. The molecule has 0 N–H and O–H groups in total. The van der Waals surface area contributed by atoms with E-state index in [1.54, 1.807) is 0 Å². The summed E-state index contributed by atoms with van der Waals surface area (Å²) >= 11 is 2.15. The second-order valence-corrected chi connectivity index (χ2v) is 5.26. The molecule has 1 saturated carbocycles. The summed E-state index contributed by atoms with van der Waals surface area (Å²) in [6.07, 6.45) is 2.00. The molecule has 1 nitrogen and oxygen atoms in total. The molecule has 0 unspecified atom stereocenters. The molecule has 0 aliphatic heterocycles. The van der Waals surface area contributed by atoms with E-state index in [0.29, 0.717) is 0 Å². The van der Waals surface area contributed by atoms with Gasteiger partial charge in [-0.2, -0.15) is 5.26 Å². The van der Waals surface area contributed by atoms with E-state index < -0.39 is 0 Å². The summed E-state index contributed by atoms with van der Waals surface area (Å²) in [5.74, 6) is 3.03. The van der Waals surface area contributed by atoms with Crippen LogP contribution in [0.15, 0.2) is 24.3 Å². The minimum atomic E-state index is -0.177. The second-order valence-electron chi connectivity index (χ2n) is 3.58. The Bertz CT molecular complexity index is 457. The van der Waals surface area contributed by atoms with Crippen molar-refractivity contribution in [2.75, 3.05) is 0 Å². The molecule has 2 rings (SSSR count). The van der Waals surface area contributed by atoms with Crippen molar-refractivity contribution >= 4 is 30.1 Å². The van der Waals surface area contributed by atoms with Crippen molar-refractivity contribution < 1.29 is 0 Å². The number of hydrogen-bond donors (Lipinski definition) is 0. The maximum Gasteiger partial charge on any atom is 0.0823 e. The zero-order valence-corrected chi connectivity index (χ0v) is 10.9. The lowest BCUT2D eigenvalue weighted by Crippen LogP contribution is -2.01. The third kappa shape index (κ3) is 2.30. The van der Waals surface area contributed by atoms with Crippen molar-refractivity contribution in [3.63, 3.8) is 0 Å². The lowest BCUT2D eigenvalue weighted by Gasteiger charge is -2.04. The molecule has 1 fully saturated rings. The van der Waals surface area contributed by atoms with Crippen LogP contribution in [0.2, 0.25) is 0 Å². The minimum absolute atomic E-state index is 0.177. The number of hydrogen-bond acceptors (Lipinski definition) is 2. The highest BCUT2D eigenvalue weighted by Gasteiger charge is 2.44. The van der Waals surface area contributed by atoms with Crippen LogP contribution in [0.25, 0.3) is 0 Å². The first-order chi connectivity index (χ1) is 7.30. The van der Waals surface area contributed by atoms with Gasteiger partial charge < -0.3 is 0 Å². The lowest BCUT2D eigenvalue weighted by molar-refractivity contribution is 0.908. The van der Waals surface area contributed by atoms with Gasteiger partial charge in [-0.15, -0.1) is 0 Å². The molecule has 0 radical (unpaired) electrons. The van der Waals surface area contributed by atoms with Gasteiger partial charge >= 0.3 is 0 Å². The molecule has 0 aromatic heterocycles. The van der Waals surface area contributed by atoms with Crippen LogP contribution in [0.5, 0.6) is 0 Å². The minimum Gasteiger partial charge on any atom is -0.197 e. The average Bonchev–Trinajstić information content (AvgIpc) is 3.08. The predicted octanol–water partition coefficient (Wildman–Crippen LogP) is 3.63. The zero-order valence-electron chi connectivity index (χ0n) is 7.96. The zero-order chi connectivity index (χ0) is 10.7. The fourth-order valence-corrected chi connectivity index (χ4v) is 2.03. The Morgan fingerprint density at radius 1 is 1.27 bits per heavy atom. The number of nitrogens with zero attached hydrogens (tertiary/aromatic N) is 1. The highest BCUT2D eigenvalue weighted by molar-refractivity contribution is 14.2. The van der Waals surface area contributed by atoms with Gasteiger partial charge in [0.25, 0.3) is 0 Å². The van der Waals surface area contributed by atoms with Gasteiger partial charge in [0.05, 0.1) is 11.5 Å². The molecule has 0 saturated heterocycles. The Balaban J connectivity index is 2.22. The van der Waals surface area contributed by atoms with Gasteiger partial charge in [-0.3, -0.25) is 0 Å². The van der Waals surface area contributed by atoms with Crippen LogP contribution in [0.4, 0.5) is 0 Å². The molecule has 1 aliphatic rings. The van der Waals surface area contributed by atoms with Crippen molar-refractivity contribution in [3.05, 3.63) is 35.4 Å². The van der Waals surface area contributed by atoms with Gasteiger partial charge in [-0.05, 0) is 44.7 Å². The molecule has 1 aliphatic carbocycles. The van der Waals surface area contributed by atoms with Crippen LogP contribution in [0, 0.1) is 22.5 Å². The monoisotopic (exact) mass is 325 g/mol. The maximum absolute atomic E-state index is 9.04. The Morgan fingerprint density at radius 2 is 1.93 bits per heavy atom. The molecule has 74 valence electrons. The molecule has 3 heteroatoms. The Kier molecular flexibility index (Phi) is 3.23. The molecular weight excluding hydrogens is 317 g/mol. The van der Waals surface area contributed by atoms with E-state index in [2.05, 4.69) is 38.4 Å². The third-order valence-electron chi connectivity index (χ3n) is 2.64. The summed E-state index contributed by atoms with van der Waals surface area (Å²) in [6, 6.07) is 10.4. The van der Waals surface area contributed by atoms with Crippen LogP contribution >= 0.6 is 30.1 Å². The van der Waals surface area contributed by atoms with E-state index in [0.717, 1.165) is 24.0 Å². The quantitative estimate of drug-likeness (QED) is 0.581. The second kappa shape index (κ2) is 4.47. The van der Waals surface area contributed by atoms with Crippen molar-refractivity contribution in [1.29, 1.82) is 5.26 Å². The Hall–Kier alpha value is -0.650. The fourth-order valence-electron chi connectivity index (χ4n) is 1.54. The van der Waals surface area contributed by atoms with Crippen LogP contribution in [-0.2, 0) is 5.41 Å². The molecule has 1 aromatic rings. The van der Waals surface area contributed by atoms with E-state index in [1.807, 2.05) is 24.3 Å². The largest absolute Gasteiger partial charge is 0.197 e. The van der Waals surface area contributed by atoms with Gasteiger partial charge in [-0.25, -0.2) is 0 Å². The predicted molar refractivity (Wildman–Crippen MR) is 71.5 cm³/mol. The van der Waals surface area contributed by atoms with E-state index in [9.17, 15) is 0 Å². The van der Waals surface area contributed by atoms with E-state index in [-0.39, 0.29) is 5.41 Å². The van der Waals surface area contributed by atoms with Gasteiger partial charge in [0.2, 0.25) is 0 Å². The van der Waals surface area contributed by atoms with Crippen LogP contribution < -0.4 is 0 Å². The number of rotatable bonds is 1. The highest BCUT2D eigenvalue weighted by Crippen LogP contribution is 2.47. The van der Waals surface area contributed by atoms with E-state index in [1.165, 1.54) is 8.93 Å². The molecule has 15 heavy (non-hydrogen) atoms. The molecular formula is C12H8INS. The first kappa shape index (κ1) is 10.9. The molecule has 0 atom stereocenters. The fraction of sp³-hybridized carbons (Fsp3) is 0.250. The molecule has 0 spiro atoms. The normalized spacial score (nSPS) is 16.0. The molecule has 1 aromatic carbocycles. The van der Waals surface area contributed by atoms with Crippen LogP contribution in [-0.4, -0.2) is 0 Å². The first-order valence-corrected chi connectivity index (χ1v) is 7.97. The van der Waals surface area contributed by atoms with E-state index in [4.69, 9.17) is 5.26 Å². The highest BCUT2D eigenvalue weighted by atomic mass is 127. The molecule has 0 heterocycles. The summed E-state index contributed by atoms with van der Waals surface area (Å²) < 4.78 is 0. The first-order valence-electron chi connectivity index (χ1n) is 4.61. The maximum atomic E-state index is 9.04. The average molecular weight is 325 g/mol. The standard InChI is InChI=1S/C12H8INS/c13-15-8-5-10-1-3-11(4-2-10)12(9-14)6-7-12/h1-4H,6-7H2. The van der Waals surface area contributed by atoms with Gasteiger partial charge in [0, 0.05) is 26.8 Å². The summed E-state index contributed by atoms with van der Waals surface area (Å²) in [5.41, 5.74) is 1.97. The summed E-state index contributed by atoms with van der Waals surface area (Å²) in [6.45, 7) is 0. The Morgan fingerprint density at radius 3 is 2.40 bits per heavy atom. The summed E-state index contributed by atoms with van der Waals surface area (Å²) in [5, 5.41) is 12.0. The van der Waals surface area contributed by atoms with Crippen molar-refractivity contribution in [2.45, 2.75) is 18.3 Å². The Labute approximate surface area is 106 Å². The van der Waals surface area contributed by atoms with Gasteiger partial charge in [0.1, 0.15) is 0 Å². The van der Waals surface area contributed by atoms with Gasteiger partial charge in [-0.1, -0.05) is 18.1 Å². The van der Waals surface area contributed by atoms with Crippen LogP contribution in [0.1, 0.15) is 24.0 Å². The van der Waals surface area contributed by atoms with Crippen LogP contribution in [0.3, 0.4) is 0 Å². The third-order valence-corrected chi connectivity index (χ3v) is 3.48. The van der Waals surface area contributed by atoms with E-state index >= 15 is 0 Å². The van der Waals surface area contributed by atoms with Crippen molar-refractivity contribution in [2.24, 2.45) is 0 Å². The summed E-state index contributed by atoms with van der Waals surface area (Å²) in [4.78, 5) is 0. The number of nitriles is 1. The number of halogens is 1. The molecule has 0 bridgehead atoms. The van der Waals surface area contributed by atoms with Gasteiger partial charge in [0.15, 0.2) is 0 Å². The topological polar surface area (TPSA) is 23.8 Å². The van der Waals surface area contributed by atoms with Crippen molar-refractivity contribution in [1.82, 2.24) is 0 Å². The number of benzene rings is 1. The van der Waals surface area contributed by atoms with Crippen molar-refractivity contribution in [3.8, 4) is 17.2 Å². The lowest BCUT2D eigenvalue weighted by atomic mass is 9.97.